The Bertz CT molecular complexity index is 550. The van der Waals surface area contributed by atoms with Crippen LogP contribution < -0.4 is 10.5 Å². The number of nitrogens with two attached hydrogens (primary N) is 1. The number of nitrogens with one attached hydrogen (secondary N) is 1. The number of anilines is 1. The van der Waals surface area contributed by atoms with Crippen LogP contribution in [0.3, 0.4) is 0 Å². The van der Waals surface area contributed by atoms with Gasteiger partial charge in [-0.1, -0.05) is 6.92 Å². The highest BCUT2D eigenvalue weighted by Crippen LogP contribution is 2.22. The molecule has 1 atom stereocenters. The molecule has 0 heterocycles. The average molecular weight is 294 g/mol. The molecule has 1 aromatic carbocycles. The van der Waals surface area contributed by atoms with Gasteiger partial charge in [0.05, 0.1) is 5.60 Å². The first-order valence-electron chi connectivity index (χ1n) is 5.55. The Morgan fingerprint density at radius 3 is 2.26 bits per heavy atom. The Labute approximate surface area is 110 Å². The van der Waals surface area contributed by atoms with Crippen LogP contribution in [0.4, 0.5) is 14.5 Å². The predicted molar refractivity (Wildman–Crippen MR) is 66.9 cm³/mol. The van der Waals surface area contributed by atoms with E-state index in [0.29, 0.717) is 0 Å². The third-order valence-corrected chi connectivity index (χ3v) is 4.15. The maximum absolute atomic E-state index is 13.5. The Hall–Kier alpha value is -1.25. The maximum Gasteiger partial charge on any atom is 0.246 e. The van der Waals surface area contributed by atoms with Gasteiger partial charge in [-0.3, -0.25) is 0 Å². The highest BCUT2D eigenvalue weighted by Gasteiger charge is 2.27. The minimum Gasteiger partial charge on any atom is -0.399 e. The molecule has 19 heavy (non-hydrogen) atoms. The van der Waals surface area contributed by atoms with Gasteiger partial charge in [0, 0.05) is 12.2 Å². The van der Waals surface area contributed by atoms with Gasteiger partial charge in [0.2, 0.25) is 10.0 Å². The SMILES string of the molecule is CCC(C)(O)CNS(=O)(=O)c1c(F)cc(N)cc1F. The van der Waals surface area contributed by atoms with Gasteiger partial charge in [0.25, 0.3) is 0 Å². The summed E-state index contributed by atoms with van der Waals surface area (Å²) in [5, 5.41) is 9.68. The summed E-state index contributed by atoms with van der Waals surface area (Å²) in [5.74, 6) is -2.55. The molecule has 4 N–H and O–H groups in total. The molecule has 0 radical (unpaired) electrons. The van der Waals surface area contributed by atoms with Gasteiger partial charge in [0.1, 0.15) is 11.6 Å². The van der Waals surface area contributed by atoms with E-state index in [1.165, 1.54) is 6.92 Å². The number of hydrogen-bond acceptors (Lipinski definition) is 4. The van der Waals surface area contributed by atoms with Gasteiger partial charge >= 0.3 is 0 Å². The zero-order chi connectivity index (χ0) is 14.8. The summed E-state index contributed by atoms with van der Waals surface area (Å²) in [4.78, 5) is -1.10. The van der Waals surface area contributed by atoms with E-state index in [0.717, 1.165) is 12.1 Å². The Kier molecular flexibility index (Phi) is 4.49. The van der Waals surface area contributed by atoms with Crippen LogP contribution in [0.5, 0.6) is 0 Å². The normalized spacial score (nSPS) is 15.2. The molecule has 0 aromatic heterocycles. The molecule has 0 amide bonds. The second kappa shape index (κ2) is 5.40. The summed E-state index contributed by atoms with van der Waals surface area (Å²) in [6.07, 6.45) is 0.280. The Morgan fingerprint density at radius 2 is 1.84 bits per heavy atom. The molecule has 0 aliphatic carbocycles. The summed E-state index contributed by atoms with van der Waals surface area (Å²) < 4.78 is 52.6. The molecule has 1 rings (SSSR count). The third kappa shape index (κ3) is 3.85. The fraction of sp³-hybridized carbons (Fsp3) is 0.455. The number of halogens is 2. The minimum atomic E-state index is -4.40. The highest BCUT2D eigenvalue weighted by molar-refractivity contribution is 7.89. The maximum atomic E-state index is 13.5. The quantitative estimate of drug-likeness (QED) is 0.706. The van der Waals surface area contributed by atoms with E-state index in [1.807, 2.05) is 4.72 Å². The molecule has 108 valence electrons. The van der Waals surface area contributed by atoms with Crippen molar-refractivity contribution < 1.29 is 22.3 Å². The number of benzene rings is 1. The predicted octanol–water partition coefficient (Wildman–Crippen LogP) is 0.986. The standard InChI is InChI=1S/C11H16F2N2O3S/c1-3-11(2,16)6-15-19(17,18)10-8(12)4-7(14)5-9(10)13/h4-5,15-16H,3,6,14H2,1-2H3. The summed E-state index contributed by atoms with van der Waals surface area (Å²) in [6.45, 7) is 2.71. The lowest BCUT2D eigenvalue weighted by Crippen LogP contribution is -2.40. The van der Waals surface area contributed by atoms with Crippen molar-refractivity contribution in [3.63, 3.8) is 0 Å². The van der Waals surface area contributed by atoms with Gasteiger partial charge in [-0.25, -0.2) is 21.9 Å². The zero-order valence-corrected chi connectivity index (χ0v) is 11.4. The molecule has 1 unspecified atom stereocenters. The molecular formula is C11H16F2N2O3S. The first kappa shape index (κ1) is 15.8. The monoisotopic (exact) mass is 294 g/mol. The van der Waals surface area contributed by atoms with E-state index < -0.39 is 32.2 Å². The van der Waals surface area contributed by atoms with Crippen molar-refractivity contribution in [3.05, 3.63) is 23.8 Å². The number of sulfonamides is 1. The number of aliphatic hydroxyl groups is 1. The largest absolute Gasteiger partial charge is 0.399 e. The second-order valence-corrected chi connectivity index (χ2v) is 6.19. The van der Waals surface area contributed by atoms with E-state index in [-0.39, 0.29) is 18.7 Å². The van der Waals surface area contributed by atoms with Crippen LogP contribution in [0.25, 0.3) is 0 Å². The van der Waals surface area contributed by atoms with Gasteiger partial charge in [0.15, 0.2) is 4.90 Å². The first-order valence-corrected chi connectivity index (χ1v) is 7.04. The van der Waals surface area contributed by atoms with Crippen molar-refractivity contribution in [3.8, 4) is 0 Å². The van der Waals surface area contributed by atoms with E-state index in [2.05, 4.69) is 0 Å². The van der Waals surface area contributed by atoms with Gasteiger partial charge in [-0.2, -0.15) is 0 Å². The zero-order valence-electron chi connectivity index (χ0n) is 10.6. The highest BCUT2D eigenvalue weighted by atomic mass is 32.2. The van der Waals surface area contributed by atoms with Crippen molar-refractivity contribution in [1.29, 1.82) is 0 Å². The lowest BCUT2D eigenvalue weighted by Gasteiger charge is -2.21. The molecule has 5 nitrogen and oxygen atoms in total. The topological polar surface area (TPSA) is 92.4 Å². The van der Waals surface area contributed by atoms with Crippen molar-refractivity contribution in [2.45, 2.75) is 30.8 Å². The van der Waals surface area contributed by atoms with Crippen molar-refractivity contribution >= 4 is 15.7 Å². The van der Waals surface area contributed by atoms with Gasteiger partial charge in [-0.05, 0) is 25.5 Å². The smallest absolute Gasteiger partial charge is 0.246 e. The molecular weight excluding hydrogens is 278 g/mol. The van der Waals surface area contributed by atoms with Crippen LogP contribution in [0, 0.1) is 11.6 Å². The molecule has 0 aliphatic rings. The second-order valence-electron chi connectivity index (χ2n) is 4.49. The summed E-state index contributed by atoms with van der Waals surface area (Å²) in [5.41, 5.74) is 3.69. The fourth-order valence-corrected chi connectivity index (χ4v) is 2.56. The van der Waals surface area contributed by atoms with Crippen LogP contribution >= 0.6 is 0 Å². The molecule has 0 bridgehead atoms. The number of hydrogen-bond donors (Lipinski definition) is 3. The van der Waals surface area contributed by atoms with E-state index in [9.17, 15) is 22.3 Å². The molecule has 0 saturated heterocycles. The van der Waals surface area contributed by atoms with Crippen molar-refractivity contribution in [2.24, 2.45) is 0 Å². The molecule has 0 spiro atoms. The molecule has 8 heteroatoms. The van der Waals surface area contributed by atoms with Crippen molar-refractivity contribution in [2.75, 3.05) is 12.3 Å². The number of rotatable bonds is 5. The first-order chi connectivity index (χ1) is 8.59. The lowest BCUT2D eigenvalue weighted by molar-refractivity contribution is 0.0613. The molecule has 0 aliphatic heterocycles. The van der Waals surface area contributed by atoms with E-state index in [1.54, 1.807) is 6.92 Å². The van der Waals surface area contributed by atoms with Crippen LogP contribution in [0.1, 0.15) is 20.3 Å². The van der Waals surface area contributed by atoms with Gasteiger partial charge < -0.3 is 10.8 Å². The Morgan fingerprint density at radius 1 is 1.37 bits per heavy atom. The van der Waals surface area contributed by atoms with Crippen LogP contribution in [-0.4, -0.2) is 25.7 Å². The van der Waals surface area contributed by atoms with Crippen LogP contribution in [-0.2, 0) is 10.0 Å². The molecule has 1 aromatic rings. The average Bonchev–Trinajstić information content (AvgIpc) is 2.25. The van der Waals surface area contributed by atoms with Crippen molar-refractivity contribution in [1.82, 2.24) is 4.72 Å². The molecule has 0 saturated carbocycles. The minimum absolute atomic E-state index is 0.213. The summed E-state index contributed by atoms with van der Waals surface area (Å²) >= 11 is 0. The van der Waals surface area contributed by atoms with Gasteiger partial charge in [-0.15, -0.1) is 0 Å². The van der Waals surface area contributed by atoms with E-state index in [4.69, 9.17) is 5.73 Å². The lowest BCUT2D eigenvalue weighted by atomic mass is 10.1. The summed E-state index contributed by atoms with van der Waals surface area (Å²) in [7, 11) is -4.40. The third-order valence-electron chi connectivity index (χ3n) is 2.69. The molecule has 0 fully saturated rings. The fourth-order valence-electron chi connectivity index (χ4n) is 1.28. The number of nitrogen functional groups attached to an aromatic ring is 1. The Balaban J connectivity index is 3.09. The van der Waals surface area contributed by atoms with Crippen LogP contribution in [0.2, 0.25) is 0 Å². The van der Waals surface area contributed by atoms with Crippen LogP contribution in [0.15, 0.2) is 17.0 Å². The summed E-state index contributed by atoms with van der Waals surface area (Å²) in [6, 6.07) is 1.44. The van der Waals surface area contributed by atoms with E-state index >= 15 is 0 Å².